The molecule has 0 spiro atoms. The molecule has 1 saturated heterocycles. The number of hydrazone groups is 1. The summed E-state index contributed by atoms with van der Waals surface area (Å²) in [5, 5.41) is 22.3. The van der Waals surface area contributed by atoms with E-state index in [1.165, 1.54) is 36.1 Å². The zero-order valence-electron chi connectivity index (χ0n) is 10.6. The number of phenols is 2. The van der Waals surface area contributed by atoms with Crippen molar-refractivity contribution in [2.75, 3.05) is 19.6 Å². The Morgan fingerprint density at radius 3 is 2.74 bits per heavy atom. The van der Waals surface area contributed by atoms with Crippen LogP contribution in [0.3, 0.4) is 0 Å². The standard InChI is InChI=1S/C13H17N3O3/c17-11-4-3-10(7-12(11)18)8-14-15-13(19)9-16-5-1-2-6-16/h3-4,7-8,17-18H,1-2,5-6,9H2,(H,15,19)/p+1/b14-8+. The van der Waals surface area contributed by atoms with Gasteiger partial charge >= 0.3 is 0 Å². The fourth-order valence-corrected chi connectivity index (χ4v) is 2.12. The van der Waals surface area contributed by atoms with Crippen LogP contribution in [0.4, 0.5) is 0 Å². The third-order valence-electron chi connectivity index (χ3n) is 3.12. The molecular formula is C13H18N3O3+. The van der Waals surface area contributed by atoms with Gasteiger partial charge in [0.25, 0.3) is 5.91 Å². The van der Waals surface area contributed by atoms with Gasteiger partial charge in [-0.15, -0.1) is 0 Å². The Hall–Kier alpha value is -2.08. The van der Waals surface area contributed by atoms with E-state index in [0.29, 0.717) is 12.1 Å². The van der Waals surface area contributed by atoms with E-state index in [0.717, 1.165) is 13.1 Å². The summed E-state index contributed by atoms with van der Waals surface area (Å²) in [4.78, 5) is 12.9. The van der Waals surface area contributed by atoms with Crippen LogP contribution in [0.2, 0.25) is 0 Å². The van der Waals surface area contributed by atoms with E-state index in [-0.39, 0.29) is 17.4 Å². The van der Waals surface area contributed by atoms with Gasteiger partial charge in [-0.3, -0.25) is 4.79 Å². The lowest BCUT2D eigenvalue weighted by molar-refractivity contribution is -0.879. The number of phenolic OH excluding ortho intramolecular Hbond substituents is 2. The second kappa shape index (κ2) is 6.19. The van der Waals surface area contributed by atoms with Crippen molar-refractivity contribution in [2.24, 2.45) is 5.10 Å². The van der Waals surface area contributed by atoms with Gasteiger partial charge in [0.2, 0.25) is 0 Å². The number of carbonyl (C=O) groups excluding carboxylic acids is 1. The molecule has 1 aliphatic heterocycles. The molecule has 6 heteroatoms. The number of hydrogen-bond donors (Lipinski definition) is 4. The van der Waals surface area contributed by atoms with Gasteiger partial charge in [-0.25, -0.2) is 5.43 Å². The lowest BCUT2D eigenvalue weighted by Crippen LogP contribution is -3.11. The second-order valence-corrected chi connectivity index (χ2v) is 4.68. The molecule has 0 unspecified atom stereocenters. The van der Waals surface area contributed by atoms with E-state index in [1.54, 1.807) is 6.07 Å². The highest BCUT2D eigenvalue weighted by molar-refractivity contribution is 5.83. The summed E-state index contributed by atoms with van der Waals surface area (Å²) in [6.07, 6.45) is 3.79. The van der Waals surface area contributed by atoms with Crippen molar-refractivity contribution in [1.29, 1.82) is 0 Å². The molecule has 0 radical (unpaired) electrons. The molecule has 0 atom stereocenters. The minimum Gasteiger partial charge on any atom is -0.504 e. The van der Waals surface area contributed by atoms with Crippen molar-refractivity contribution < 1.29 is 19.9 Å². The Balaban J connectivity index is 1.81. The van der Waals surface area contributed by atoms with Gasteiger partial charge in [-0.2, -0.15) is 5.10 Å². The predicted octanol–water partition coefficient (Wildman–Crippen LogP) is -0.773. The van der Waals surface area contributed by atoms with Gasteiger partial charge in [0.15, 0.2) is 18.0 Å². The Morgan fingerprint density at radius 1 is 1.32 bits per heavy atom. The molecular weight excluding hydrogens is 246 g/mol. The lowest BCUT2D eigenvalue weighted by atomic mass is 10.2. The van der Waals surface area contributed by atoms with Crippen LogP contribution < -0.4 is 10.3 Å². The number of benzene rings is 1. The number of rotatable bonds is 4. The van der Waals surface area contributed by atoms with Crippen molar-refractivity contribution in [1.82, 2.24) is 5.43 Å². The first-order valence-electron chi connectivity index (χ1n) is 6.32. The van der Waals surface area contributed by atoms with Crippen LogP contribution in [0.5, 0.6) is 11.5 Å². The molecule has 1 aliphatic rings. The molecule has 0 bridgehead atoms. The van der Waals surface area contributed by atoms with Gasteiger partial charge < -0.3 is 15.1 Å². The number of aromatic hydroxyl groups is 2. The summed E-state index contributed by atoms with van der Waals surface area (Å²) in [5.74, 6) is -0.508. The molecule has 4 N–H and O–H groups in total. The van der Waals surface area contributed by atoms with E-state index in [2.05, 4.69) is 10.5 Å². The van der Waals surface area contributed by atoms with E-state index < -0.39 is 0 Å². The molecule has 6 nitrogen and oxygen atoms in total. The number of nitrogens with zero attached hydrogens (tertiary/aromatic N) is 1. The zero-order chi connectivity index (χ0) is 13.7. The predicted molar refractivity (Wildman–Crippen MR) is 70.3 cm³/mol. The number of nitrogens with one attached hydrogen (secondary N) is 2. The summed E-state index contributed by atoms with van der Waals surface area (Å²) in [6.45, 7) is 2.53. The number of likely N-dealkylation sites (tertiary alicyclic amines) is 1. The maximum Gasteiger partial charge on any atom is 0.295 e. The van der Waals surface area contributed by atoms with Gasteiger partial charge in [-0.05, 0) is 23.8 Å². The largest absolute Gasteiger partial charge is 0.504 e. The monoisotopic (exact) mass is 264 g/mol. The highest BCUT2D eigenvalue weighted by Crippen LogP contribution is 2.23. The molecule has 1 heterocycles. The topological polar surface area (TPSA) is 86.4 Å². The highest BCUT2D eigenvalue weighted by Gasteiger charge is 2.18. The Labute approximate surface area is 111 Å². The third-order valence-corrected chi connectivity index (χ3v) is 3.12. The Bertz CT molecular complexity index is 482. The lowest BCUT2D eigenvalue weighted by Gasteiger charge is -2.09. The van der Waals surface area contributed by atoms with Crippen LogP contribution in [0.1, 0.15) is 18.4 Å². The van der Waals surface area contributed by atoms with Crippen molar-refractivity contribution in [2.45, 2.75) is 12.8 Å². The fraction of sp³-hybridized carbons (Fsp3) is 0.385. The first-order valence-corrected chi connectivity index (χ1v) is 6.32. The van der Waals surface area contributed by atoms with Crippen molar-refractivity contribution in [3.05, 3.63) is 23.8 Å². The van der Waals surface area contributed by atoms with Crippen LogP contribution in [0, 0.1) is 0 Å². The van der Waals surface area contributed by atoms with Gasteiger partial charge in [0, 0.05) is 12.8 Å². The molecule has 1 aromatic rings. The maximum absolute atomic E-state index is 11.6. The molecule has 1 fully saturated rings. The van der Waals surface area contributed by atoms with E-state index in [4.69, 9.17) is 5.11 Å². The summed E-state index contributed by atoms with van der Waals surface area (Å²) in [5.41, 5.74) is 3.06. The Morgan fingerprint density at radius 2 is 2.05 bits per heavy atom. The third kappa shape index (κ3) is 3.96. The molecule has 0 saturated carbocycles. The second-order valence-electron chi connectivity index (χ2n) is 4.68. The fourth-order valence-electron chi connectivity index (χ4n) is 2.12. The molecule has 19 heavy (non-hydrogen) atoms. The van der Waals surface area contributed by atoms with Crippen LogP contribution >= 0.6 is 0 Å². The first-order chi connectivity index (χ1) is 9.15. The van der Waals surface area contributed by atoms with Gasteiger partial charge in [0.1, 0.15) is 0 Å². The molecule has 2 rings (SSSR count). The van der Waals surface area contributed by atoms with E-state index >= 15 is 0 Å². The van der Waals surface area contributed by atoms with Crippen LogP contribution in [0.25, 0.3) is 0 Å². The minimum atomic E-state index is -0.211. The number of quaternary nitrogens is 1. The molecule has 1 aromatic carbocycles. The first kappa shape index (κ1) is 13.4. The SMILES string of the molecule is O=C(C[NH+]1CCCC1)N/N=C/c1ccc(O)c(O)c1. The zero-order valence-corrected chi connectivity index (χ0v) is 10.6. The maximum atomic E-state index is 11.6. The highest BCUT2D eigenvalue weighted by atomic mass is 16.3. The number of amides is 1. The normalized spacial score (nSPS) is 16.0. The van der Waals surface area contributed by atoms with Gasteiger partial charge in [-0.1, -0.05) is 0 Å². The van der Waals surface area contributed by atoms with Crippen LogP contribution in [-0.4, -0.2) is 42.0 Å². The minimum absolute atomic E-state index is 0.115. The molecule has 0 aliphatic carbocycles. The molecule has 0 aromatic heterocycles. The van der Waals surface area contributed by atoms with Crippen molar-refractivity contribution in [3.8, 4) is 11.5 Å². The van der Waals surface area contributed by atoms with Crippen molar-refractivity contribution in [3.63, 3.8) is 0 Å². The van der Waals surface area contributed by atoms with E-state index in [9.17, 15) is 9.90 Å². The summed E-state index contributed by atoms with van der Waals surface area (Å²) in [6, 6.07) is 4.33. The van der Waals surface area contributed by atoms with Crippen molar-refractivity contribution >= 4 is 12.1 Å². The van der Waals surface area contributed by atoms with E-state index in [1.807, 2.05) is 0 Å². The number of hydrogen-bond acceptors (Lipinski definition) is 4. The summed E-state index contributed by atoms with van der Waals surface area (Å²) >= 11 is 0. The van der Waals surface area contributed by atoms with Crippen LogP contribution in [0.15, 0.2) is 23.3 Å². The van der Waals surface area contributed by atoms with Crippen LogP contribution in [-0.2, 0) is 4.79 Å². The molecule has 1 amide bonds. The smallest absolute Gasteiger partial charge is 0.295 e. The Kier molecular flexibility index (Phi) is 4.35. The molecule has 102 valence electrons. The number of carbonyl (C=O) groups is 1. The summed E-state index contributed by atoms with van der Waals surface area (Å²) < 4.78 is 0. The summed E-state index contributed by atoms with van der Waals surface area (Å²) in [7, 11) is 0. The quantitative estimate of drug-likeness (QED) is 0.327. The average Bonchev–Trinajstić information content (AvgIpc) is 2.86. The van der Waals surface area contributed by atoms with Gasteiger partial charge in [0.05, 0.1) is 19.3 Å². The average molecular weight is 264 g/mol.